The summed E-state index contributed by atoms with van der Waals surface area (Å²) in [7, 11) is 0. The van der Waals surface area contributed by atoms with Gasteiger partial charge in [0.2, 0.25) is 6.79 Å². The van der Waals surface area contributed by atoms with Crippen LogP contribution in [-0.4, -0.2) is 19.4 Å². The van der Waals surface area contributed by atoms with Crippen LogP contribution in [0.15, 0.2) is 12.1 Å². The molecule has 0 aliphatic carbocycles. The van der Waals surface area contributed by atoms with E-state index < -0.39 is 6.10 Å². The van der Waals surface area contributed by atoms with E-state index in [4.69, 9.17) is 19.5 Å². The Bertz CT molecular complexity index is 523. The smallest absolute Gasteiger partial charge is 0.231 e. The van der Waals surface area contributed by atoms with Gasteiger partial charge in [-0.25, -0.2) is 0 Å². The average molecular weight is 290 g/mol. The van der Waals surface area contributed by atoms with Gasteiger partial charge >= 0.3 is 0 Å². The Kier molecular flexibility index (Phi) is 5.29. The highest BCUT2D eigenvalue weighted by Gasteiger charge is 2.19. The van der Waals surface area contributed by atoms with Crippen LogP contribution in [0.2, 0.25) is 0 Å². The van der Waals surface area contributed by atoms with Gasteiger partial charge in [-0.3, -0.25) is 0 Å². The summed E-state index contributed by atoms with van der Waals surface area (Å²) in [6, 6.07) is 5.89. The fraction of sp³-hybridized carbons (Fsp3) is 0.562. The molecule has 1 unspecified atom stereocenters. The molecule has 1 aliphatic rings. The van der Waals surface area contributed by atoms with Gasteiger partial charge < -0.3 is 19.5 Å². The molecule has 2 rings (SSSR count). The van der Waals surface area contributed by atoms with Crippen LogP contribution in [0, 0.1) is 17.2 Å². The summed E-state index contributed by atoms with van der Waals surface area (Å²) >= 11 is 0. The molecular weight excluding hydrogens is 268 g/mol. The Morgan fingerprint density at radius 2 is 2.05 bits per heavy atom. The van der Waals surface area contributed by atoms with E-state index in [1.54, 1.807) is 0 Å². The molecule has 0 bridgehead atoms. The second-order valence-corrected chi connectivity index (χ2v) is 5.48. The maximum atomic E-state index is 9.07. The van der Waals surface area contributed by atoms with Gasteiger partial charge in [0.25, 0.3) is 0 Å². The Labute approximate surface area is 125 Å². The van der Waals surface area contributed by atoms with E-state index in [2.05, 4.69) is 25.2 Å². The van der Waals surface area contributed by atoms with Crippen molar-refractivity contribution in [2.75, 3.05) is 13.3 Å². The van der Waals surface area contributed by atoms with Gasteiger partial charge in [-0.15, -0.1) is 0 Å². The van der Waals surface area contributed by atoms with Crippen LogP contribution < -0.4 is 19.5 Å². The van der Waals surface area contributed by atoms with Gasteiger partial charge in [-0.2, -0.15) is 5.26 Å². The Morgan fingerprint density at radius 3 is 2.67 bits per heavy atom. The van der Waals surface area contributed by atoms with Crippen molar-refractivity contribution in [3.63, 3.8) is 0 Å². The molecule has 1 aliphatic heterocycles. The van der Waals surface area contributed by atoms with Crippen LogP contribution in [0.5, 0.6) is 17.2 Å². The second-order valence-electron chi connectivity index (χ2n) is 5.48. The van der Waals surface area contributed by atoms with Gasteiger partial charge in [-0.05, 0) is 24.9 Å². The summed E-state index contributed by atoms with van der Waals surface area (Å²) < 4.78 is 16.6. The standard InChI is InChI=1S/C16H22N2O3/c1-4-13(7-17)21-14-6-16-15(19-10-20-16)5-12(14)9-18-8-11(2)3/h5-6,11,13,18H,4,8-10H2,1-3H3. The van der Waals surface area contributed by atoms with Gasteiger partial charge in [0.05, 0.1) is 0 Å². The van der Waals surface area contributed by atoms with Crippen LogP contribution in [-0.2, 0) is 6.54 Å². The lowest BCUT2D eigenvalue weighted by Gasteiger charge is -2.16. The van der Waals surface area contributed by atoms with E-state index in [0.717, 1.165) is 17.9 Å². The number of hydrogen-bond donors (Lipinski definition) is 1. The SMILES string of the molecule is CCC(C#N)Oc1cc2c(cc1CNCC(C)C)OCO2. The second kappa shape index (κ2) is 7.19. The van der Waals surface area contributed by atoms with Crippen LogP contribution in [0.4, 0.5) is 0 Å². The minimum Gasteiger partial charge on any atom is -0.475 e. The highest BCUT2D eigenvalue weighted by atomic mass is 16.7. The molecule has 0 fully saturated rings. The van der Waals surface area contributed by atoms with Crippen molar-refractivity contribution >= 4 is 0 Å². The van der Waals surface area contributed by atoms with Gasteiger partial charge in [-0.1, -0.05) is 20.8 Å². The highest BCUT2D eigenvalue weighted by molar-refractivity contribution is 5.52. The first-order valence-electron chi connectivity index (χ1n) is 7.33. The molecule has 1 aromatic carbocycles. The summed E-state index contributed by atoms with van der Waals surface area (Å²) in [6.07, 6.45) is 0.193. The maximum absolute atomic E-state index is 9.07. The topological polar surface area (TPSA) is 63.5 Å². The van der Waals surface area contributed by atoms with Crippen molar-refractivity contribution in [3.8, 4) is 23.3 Å². The quantitative estimate of drug-likeness (QED) is 0.836. The molecule has 0 aromatic heterocycles. The molecular formula is C16H22N2O3. The van der Waals surface area contributed by atoms with E-state index in [0.29, 0.717) is 30.4 Å². The molecule has 1 atom stereocenters. The number of ether oxygens (including phenoxy) is 3. The molecule has 0 saturated heterocycles. The Balaban J connectivity index is 2.17. The molecule has 1 aromatic rings. The Morgan fingerprint density at radius 1 is 1.33 bits per heavy atom. The number of nitrogens with zero attached hydrogens (tertiary/aromatic N) is 1. The number of benzene rings is 1. The lowest BCUT2D eigenvalue weighted by molar-refractivity contribution is 0.173. The predicted molar refractivity (Wildman–Crippen MR) is 79.4 cm³/mol. The minimum atomic E-state index is -0.450. The fourth-order valence-corrected chi connectivity index (χ4v) is 2.06. The molecule has 5 heteroatoms. The third-order valence-electron chi connectivity index (χ3n) is 3.21. The lowest BCUT2D eigenvalue weighted by atomic mass is 10.1. The lowest BCUT2D eigenvalue weighted by Crippen LogP contribution is -2.20. The molecule has 1 heterocycles. The zero-order chi connectivity index (χ0) is 15.2. The minimum absolute atomic E-state index is 0.229. The number of nitrogens with one attached hydrogen (secondary N) is 1. The number of hydrogen-bond acceptors (Lipinski definition) is 5. The summed E-state index contributed by atoms with van der Waals surface area (Å²) in [5.41, 5.74) is 0.980. The zero-order valence-corrected chi connectivity index (χ0v) is 12.8. The Hall–Kier alpha value is -1.93. The molecule has 21 heavy (non-hydrogen) atoms. The van der Waals surface area contributed by atoms with Crippen molar-refractivity contribution in [1.29, 1.82) is 5.26 Å². The summed E-state index contributed by atoms with van der Waals surface area (Å²) in [5, 5.41) is 12.5. The van der Waals surface area contributed by atoms with Crippen molar-refractivity contribution < 1.29 is 14.2 Å². The van der Waals surface area contributed by atoms with E-state index in [1.165, 1.54) is 0 Å². The third kappa shape index (κ3) is 4.02. The predicted octanol–water partition coefficient (Wildman–Crippen LogP) is 2.84. The van der Waals surface area contributed by atoms with Crippen LogP contribution in [0.25, 0.3) is 0 Å². The van der Waals surface area contributed by atoms with E-state index in [1.807, 2.05) is 19.1 Å². The summed E-state index contributed by atoms with van der Waals surface area (Å²) in [6.45, 7) is 8.07. The fourth-order valence-electron chi connectivity index (χ4n) is 2.06. The number of nitriles is 1. The van der Waals surface area contributed by atoms with Crippen molar-refractivity contribution in [2.45, 2.75) is 39.8 Å². The highest BCUT2D eigenvalue weighted by Crippen LogP contribution is 2.38. The maximum Gasteiger partial charge on any atom is 0.231 e. The van der Waals surface area contributed by atoms with Crippen LogP contribution in [0.1, 0.15) is 32.8 Å². The third-order valence-corrected chi connectivity index (χ3v) is 3.21. The van der Waals surface area contributed by atoms with E-state index in [-0.39, 0.29) is 6.79 Å². The largest absolute Gasteiger partial charge is 0.475 e. The van der Waals surface area contributed by atoms with Gasteiger partial charge in [0.15, 0.2) is 17.6 Å². The molecule has 1 N–H and O–H groups in total. The van der Waals surface area contributed by atoms with Gasteiger partial charge in [0, 0.05) is 18.2 Å². The van der Waals surface area contributed by atoms with Crippen LogP contribution in [0.3, 0.4) is 0 Å². The zero-order valence-electron chi connectivity index (χ0n) is 12.8. The number of rotatable bonds is 7. The van der Waals surface area contributed by atoms with Crippen molar-refractivity contribution in [2.24, 2.45) is 5.92 Å². The molecule has 0 saturated carbocycles. The summed E-state index contributed by atoms with van der Waals surface area (Å²) in [5.74, 6) is 2.66. The summed E-state index contributed by atoms with van der Waals surface area (Å²) in [4.78, 5) is 0. The average Bonchev–Trinajstić information content (AvgIpc) is 2.91. The van der Waals surface area contributed by atoms with Crippen molar-refractivity contribution in [3.05, 3.63) is 17.7 Å². The van der Waals surface area contributed by atoms with Gasteiger partial charge in [0.1, 0.15) is 11.8 Å². The van der Waals surface area contributed by atoms with E-state index in [9.17, 15) is 0 Å². The van der Waals surface area contributed by atoms with E-state index >= 15 is 0 Å². The normalized spacial score (nSPS) is 14.0. The molecule has 114 valence electrons. The molecule has 0 amide bonds. The molecule has 0 radical (unpaired) electrons. The molecule has 5 nitrogen and oxygen atoms in total. The first-order valence-corrected chi connectivity index (χ1v) is 7.33. The number of fused-ring (bicyclic) bond motifs is 1. The first kappa shape index (κ1) is 15.5. The monoisotopic (exact) mass is 290 g/mol. The first-order chi connectivity index (χ1) is 10.1. The van der Waals surface area contributed by atoms with Crippen molar-refractivity contribution in [1.82, 2.24) is 5.32 Å². The van der Waals surface area contributed by atoms with Crippen LogP contribution >= 0.6 is 0 Å². The molecule has 0 spiro atoms.